The highest BCUT2D eigenvalue weighted by atomic mass is 15.6. The first-order chi connectivity index (χ1) is 9.31. The zero-order chi connectivity index (χ0) is 12.8. The van der Waals surface area contributed by atoms with Crippen molar-refractivity contribution in [3.05, 3.63) is 5.82 Å². The highest BCUT2D eigenvalue weighted by Crippen LogP contribution is 2.52. The lowest BCUT2D eigenvalue weighted by atomic mass is 9.84. The number of nitrogens with one attached hydrogen (secondary N) is 1. The first-order valence-corrected chi connectivity index (χ1v) is 7.81. The maximum absolute atomic E-state index is 4.26. The molecule has 104 valence electrons. The molecule has 19 heavy (non-hydrogen) atoms. The van der Waals surface area contributed by atoms with E-state index < -0.39 is 0 Å². The fraction of sp³-hybridized carbons (Fsp3) is 0.929. The number of hydrogen-bond donors (Lipinski definition) is 1. The van der Waals surface area contributed by atoms with Crippen molar-refractivity contribution in [1.29, 1.82) is 0 Å². The predicted octanol–water partition coefficient (Wildman–Crippen LogP) is 1.92. The van der Waals surface area contributed by atoms with Crippen molar-refractivity contribution >= 4 is 0 Å². The minimum absolute atomic E-state index is 0.460. The van der Waals surface area contributed by atoms with Crippen LogP contribution in [0, 0.1) is 17.8 Å². The summed E-state index contributed by atoms with van der Waals surface area (Å²) in [7, 11) is 0. The number of rotatable bonds is 5. The van der Waals surface area contributed by atoms with Crippen molar-refractivity contribution in [2.24, 2.45) is 17.8 Å². The summed E-state index contributed by atoms with van der Waals surface area (Å²) in [5.41, 5.74) is 0. The number of tetrazole rings is 1. The van der Waals surface area contributed by atoms with E-state index in [4.69, 9.17) is 0 Å². The minimum atomic E-state index is 0.460. The van der Waals surface area contributed by atoms with Gasteiger partial charge in [0.2, 0.25) is 0 Å². The van der Waals surface area contributed by atoms with Crippen molar-refractivity contribution < 1.29 is 0 Å². The van der Waals surface area contributed by atoms with E-state index in [9.17, 15) is 0 Å². The molecular formula is C14H23N5. The Bertz CT molecular complexity index is 452. The van der Waals surface area contributed by atoms with E-state index in [0.29, 0.717) is 12.1 Å². The summed E-state index contributed by atoms with van der Waals surface area (Å²) in [6.07, 6.45) is 8.35. The molecule has 2 bridgehead atoms. The molecule has 0 saturated heterocycles. The number of nitrogens with zero attached hydrogens (tertiary/aromatic N) is 4. The first-order valence-electron chi connectivity index (χ1n) is 7.81. The summed E-state index contributed by atoms with van der Waals surface area (Å²) >= 11 is 0. The van der Waals surface area contributed by atoms with Crippen LogP contribution in [0.15, 0.2) is 0 Å². The van der Waals surface area contributed by atoms with Crippen LogP contribution < -0.4 is 5.32 Å². The Morgan fingerprint density at radius 1 is 1.26 bits per heavy atom. The molecule has 0 aliphatic heterocycles. The minimum Gasteiger partial charge on any atom is -0.307 e. The Kier molecular flexibility index (Phi) is 2.83. The average molecular weight is 261 g/mol. The topological polar surface area (TPSA) is 55.6 Å². The molecule has 4 rings (SSSR count). The van der Waals surface area contributed by atoms with Gasteiger partial charge < -0.3 is 5.32 Å². The summed E-state index contributed by atoms with van der Waals surface area (Å²) in [4.78, 5) is 0. The Balaban J connectivity index is 1.46. The van der Waals surface area contributed by atoms with E-state index in [1.807, 2.05) is 0 Å². The van der Waals surface area contributed by atoms with Gasteiger partial charge in [-0.3, -0.25) is 0 Å². The van der Waals surface area contributed by atoms with Gasteiger partial charge in [-0.15, -0.1) is 5.10 Å². The van der Waals surface area contributed by atoms with Crippen LogP contribution in [0.2, 0.25) is 0 Å². The van der Waals surface area contributed by atoms with Crippen LogP contribution in [-0.2, 0) is 6.54 Å². The molecule has 3 fully saturated rings. The van der Waals surface area contributed by atoms with E-state index in [1.54, 1.807) is 0 Å². The molecule has 0 spiro atoms. The van der Waals surface area contributed by atoms with Crippen LogP contribution in [-0.4, -0.2) is 26.2 Å². The van der Waals surface area contributed by atoms with Gasteiger partial charge in [0.1, 0.15) is 0 Å². The SMILES string of the molecule is CC(C1CC2CCC1C2)n1nnnc1CNC1CC1. The highest BCUT2D eigenvalue weighted by molar-refractivity contribution is 4.96. The van der Waals surface area contributed by atoms with E-state index >= 15 is 0 Å². The molecule has 4 atom stereocenters. The van der Waals surface area contributed by atoms with Gasteiger partial charge >= 0.3 is 0 Å². The quantitative estimate of drug-likeness (QED) is 0.880. The van der Waals surface area contributed by atoms with Crippen molar-refractivity contribution in [2.45, 2.75) is 64.1 Å². The lowest BCUT2D eigenvalue weighted by molar-refractivity contribution is 0.223. The predicted molar refractivity (Wildman–Crippen MR) is 71.3 cm³/mol. The van der Waals surface area contributed by atoms with Gasteiger partial charge in [-0.1, -0.05) is 6.42 Å². The Labute approximate surface area is 114 Å². The fourth-order valence-electron chi connectivity index (χ4n) is 4.23. The normalized spacial score (nSPS) is 34.9. The first kappa shape index (κ1) is 11.8. The monoisotopic (exact) mass is 261 g/mol. The number of fused-ring (bicyclic) bond motifs is 2. The number of hydrogen-bond acceptors (Lipinski definition) is 4. The molecule has 1 heterocycles. The van der Waals surface area contributed by atoms with E-state index in [2.05, 4.69) is 32.4 Å². The molecule has 3 aliphatic carbocycles. The molecule has 3 aliphatic rings. The molecular weight excluding hydrogens is 238 g/mol. The van der Waals surface area contributed by atoms with E-state index in [0.717, 1.165) is 30.1 Å². The van der Waals surface area contributed by atoms with E-state index in [-0.39, 0.29) is 0 Å². The molecule has 1 aromatic rings. The smallest absolute Gasteiger partial charge is 0.165 e. The van der Waals surface area contributed by atoms with Crippen molar-refractivity contribution in [2.75, 3.05) is 0 Å². The van der Waals surface area contributed by atoms with Crippen LogP contribution in [0.4, 0.5) is 0 Å². The molecule has 5 heteroatoms. The fourth-order valence-corrected chi connectivity index (χ4v) is 4.23. The second-order valence-corrected chi connectivity index (χ2v) is 6.77. The van der Waals surface area contributed by atoms with Crippen molar-refractivity contribution in [3.63, 3.8) is 0 Å². The van der Waals surface area contributed by atoms with Crippen LogP contribution in [0.25, 0.3) is 0 Å². The molecule has 4 unspecified atom stereocenters. The van der Waals surface area contributed by atoms with Crippen molar-refractivity contribution in [3.8, 4) is 0 Å². The van der Waals surface area contributed by atoms with Gasteiger partial charge in [0, 0.05) is 6.04 Å². The Morgan fingerprint density at radius 2 is 2.16 bits per heavy atom. The largest absolute Gasteiger partial charge is 0.307 e. The average Bonchev–Trinajstić information content (AvgIpc) is 2.86. The third-order valence-electron chi connectivity index (χ3n) is 5.49. The van der Waals surface area contributed by atoms with Gasteiger partial charge in [0.25, 0.3) is 0 Å². The maximum atomic E-state index is 4.26. The summed E-state index contributed by atoms with van der Waals surface area (Å²) < 4.78 is 2.08. The lowest BCUT2D eigenvalue weighted by Crippen LogP contribution is -2.26. The summed E-state index contributed by atoms with van der Waals surface area (Å²) in [5.74, 6) is 3.72. The molecule has 1 N–H and O–H groups in total. The van der Waals surface area contributed by atoms with Gasteiger partial charge in [-0.2, -0.15) is 0 Å². The van der Waals surface area contributed by atoms with Crippen LogP contribution >= 0.6 is 0 Å². The standard InChI is InChI=1S/C14H23N5/c1-9(13-7-10-2-3-11(13)6-10)19-14(16-17-18-19)8-15-12-4-5-12/h9-13,15H,2-8H2,1H3. The zero-order valence-corrected chi connectivity index (χ0v) is 11.6. The summed E-state index contributed by atoms with van der Waals surface area (Å²) in [6, 6.07) is 1.17. The molecule has 0 amide bonds. The highest BCUT2D eigenvalue weighted by Gasteiger charge is 2.43. The zero-order valence-electron chi connectivity index (χ0n) is 11.6. The van der Waals surface area contributed by atoms with Gasteiger partial charge in [-0.25, -0.2) is 4.68 Å². The summed E-state index contributed by atoms with van der Waals surface area (Å²) in [6.45, 7) is 3.13. The molecule has 0 radical (unpaired) electrons. The van der Waals surface area contributed by atoms with Gasteiger partial charge in [0.15, 0.2) is 5.82 Å². The third-order valence-corrected chi connectivity index (χ3v) is 5.49. The molecule has 1 aromatic heterocycles. The Hall–Kier alpha value is -0.970. The third kappa shape index (κ3) is 2.18. The molecule has 0 aromatic carbocycles. The van der Waals surface area contributed by atoms with Crippen LogP contribution in [0.3, 0.4) is 0 Å². The lowest BCUT2D eigenvalue weighted by Gasteiger charge is -2.28. The van der Waals surface area contributed by atoms with Gasteiger partial charge in [0.05, 0.1) is 12.6 Å². The van der Waals surface area contributed by atoms with Crippen LogP contribution in [0.5, 0.6) is 0 Å². The van der Waals surface area contributed by atoms with E-state index in [1.165, 1.54) is 38.5 Å². The second kappa shape index (κ2) is 4.54. The molecule has 5 nitrogen and oxygen atoms in total. The van der Waals surface area contributed by atoms with Gasteiger partial charge in [-0.05, 0) is 67.2 Å². The molecule has 3 saturated carbocycles. The Morgan fingerprint density at radius 3 is 2.84 bits per heavy atom. The van der Waals surface area contributed by atoms with Crippen LogP contribution in [0.1, 0.15) is 57.3 Å². The van der Waals surface area contributed by atoms with Crippen molar-refractivity contribution in [1.82, 2.24) is 25.5 Å². The second-order valence-electron chi connectivity index (χ2n) is 6.77. The number of aromatic nitrogens is 4. The summed E-state index contributed by atoms with van der Waals surface area (Å²) in [5, 5.41) is 15.9. The maximum Gasteiger partial charge on any atom is 0.165 e.